The molecule has 0 spiro atoms. The maximum Gasteiger partial charge on any atom is 0.309 e. The van der Waals surface area contributed by atoms with Crippen molar-refractivity contribution in [1.29, 1.82) is 0 Å². The van der Waals surface area contributed by atoms with Crippen molar-refractivity contribution >= 4 is 17.9 Å². The number of nitrogens with two attached hydrogens (primary N) is 2. The van der Waals surface area contributed by atoms with Crippen LogP contribution < -0.4 is 17.0 Å². The van der Waals surface area contributed by atoms with Gasteiger partial charge in [-0.05, 0) is 15.3 Å². The Morgan fingerprint density at radius 2 is 2.06 bits per heavy atom. The molecule has 2 aromatic rings. The van der Waals surface area contributed by atoms with Gasteiger partial charge in [-0.2, -0.15) is 10.7 Å². The molecule has 2 aromatic heterocycles. The Morgan fingerprint density at radius 3 is 2.76 bits per heavy atom. The maximum atomic E-state index is 5.08. The van der Waals surface area contributed by atoms with Gasteiger partial charge in [0, 0.05) is 0 Å². The normalized spacial score (nSPS) is 10.6. The van der Waals surface area contributed by atoms with Gasteiger partial charge in [0.15, 0.2) is 0 Å². The van der Waals surface area contributed by atoms with Gasteiger partial charge in [0.25, 0.3) is 0 Å². The average molecular weight is 238 g/mol. The number of aromatic amines is 1. The van der Waals surface area contributed by atoms with Crippen molar-refractivity contribution in [2.24, 2.45) is 26.8 Å². The standard InChI is InChI=1S/C3H6N14/c4-1(5)6-15-17-12-3(11-16-17)8-7-2-9-13-14-10-2/h15H,(H4,4,5,6)(H,9,10,13,14). The number of tetrazole rings is 2. The van der Waals surface area contributed by atoms with Crippen LogP contribution in [-0.4, -0.2) is 46.9 Å². The van der Waals surface area contributed by atoms with E-state index in [1.165, 1.54) is 0 Å². The lowest BCUT2D eigenvalue weighted by molar-refractivity contribution is 0.627. The molecular formula is C3H6N14. The molecule has 0 radical (unpaired) electrons. The second-order valence-corrected chi connectivity index (χ2v) is 2.43. The Hall–Kier alpha value is -3.19. The molecule has 0 saturated carbocycles. The first-order valence-corrected chi connectivity index (χ1v) is 4.04. The van der Waals surface area contributed by atoms with Crippen molar-refractivity contribution < 1.29 is 0 Å². The third-order valence-electron chi connectivity index (χ3n) is 1.23. The molecule has 88 valence electrons. The van der Waals surface area contributed by atoms with E-state index in [-0.39, 0.29) is 17.9 Å². The second-order valence-electron chi connectivity index (χ2n) is 2.43. The number of hydrogen-bond acceptors (Lipinski definition) is 10. The van der Waals surface area contributed by atoms with E-state index in [0.717, 1.165) is 4.91 Å². The first kappa shape index (κ1) is 10.3. The van der Waals surface area contributed by atoms with Gasteiger partial charge in [-0.1, -0.05) is 15.3 Å². The van der Waals surface area contributed by atoms with E-state index in [0.29, 0.717) is 0 Å². The minimum atomic E-state index is -0.183. The van der Waals surface area contributed by atoms with Crippen molar-refractivity contribution in [2.45, 2.75) is 0 Å². The van der Waals surface area contributed by atoms with Gasteiger partial charge < -0.3 is 11.5 Å². The zero-order valence-corrected chi connectivity index (χ0v) is 8.13. The van der Waals surface area contributed by atoms with Crippen LogP contribution in [0.2, 0.25) is 0 Å². The summed E-state index contributed by atoms with van der Waals surface area (Å²) < 4.78 is 0. The molecule has 0 aliphatic heterocycles. The molecule has 0 unspecified atom stereocenters. The summed E-state index contributed by atoms with van der Waals surface area (Å²) in [6.45, 7) is 0. The summed E-state index contributed by atoms with van der Waals surface area (Å²) in [5.41, 5.74) is 12.4. The summed E-state index contributed by atoms with van der Waals surface area (Å²) in [5.74, 6) is -0.177. The highest BCUT2D eigenvalue weighted by Crippen LogP contribution is 2.05. The Morgan fingerprint density at radius 1 is 1.24 bits per heavy atom. The van der Waals surface area contributed by atoms with E-state index in [2.05, 4.69) is 56.9 Å². The summed E-state index contributed by atoms with van der Waals surface area (Å²) >= 11 is 0. The van der Waals surface area contributed by atoms with Crippen LogP contribution >= 0.6 is 0 Å². The second kappa shape index (κ2) is 4.55. The van der Waals surface area contributed by atoms with E-state index < -0.39 is 0 Å². The van der Waals surface area contributed by atoms with Crippen molar-refractivity contribution in [2.75, 3.05) is 5.53 Å². The summed E-state index contributed by atoms with van der Waals surface area (Å²) in [4.78, 5) is 0.893. The smallest absolute Gasteiger partial charge is 0.309 e. The molecule has 0 aromatic carbocycles. The van der Waals surface area contributed by atoms with E-state index in [9.17, 15) is 0 Å². The van der Waals surface area contributed by atoms with Crippen LogP contribution in [0.15, 0.2) is 15.3 Å². The van der Waals surface area contributed by atoms with Crippen LogP contribution in [0.25, 0.3) is 0 Å². The number of hydrazone groups is 1. The summed E-state index contributed by atoms with van der Waals surface area (Å²) in [7, 11) is 0. The molecule has 2 heterocycles. The van der Waals surface area contributed by atoms with Gasteiger partial charge in [0.1, 0.15) is 0 Å². The number of azo groups is 1. The number of aromatic nitrogens is 8. The van der Waals surface area contributed by atoms with Crippen molar-refractivity contribution in [3.05, 3.63) is 0 Å². The molecule has 0 saturated heterocycles. The molecule has 0 bridgehead atoms. The van der Waals surface area contributed by atoms with Crippen molar-refractivity contribution in [1.82, 2.24) is 40.9 Å². The highest BCUT2D eigenvalue weighted by Gasteiger charge is 2.00. The van der Waals surface area contributed by atoms with E-state index in [1.54, 1.807) is 0 Å². The average Bonchev–Trinajstić information content (AvgIpc) is 2.95. The lowest BCUT2D eigenvalue weighted by Gasteiger charge is -1.93. The molecule has 2 rings (SSSR count). The largest absolute Gasteiger partial charge is 0.369 e. The van der Waals surface area contributed by atoms with Gasteiger partial charge >= 0.3 is 11.9 Å². The maximum absolute atomic E-state index is 5.08. The van der Waals surface area contributed by atoms with Gasteiger partial charge in [-0.25, -0.2) is 0 Å². The van der Waals surface area contributed by atoms with Crippen LogP contribution in [0, 0.1) is 0 Å². The number of rotatable bonds is 4. The van der Waals surface area contributed by atoms with Crippen LogP contribution in [-0.2, 0) is 0 Å². The van der Waals surface area contributed by atoms with Gasteiger partial charge in [0.05, 0.1) is 0 Å². The number of nitrogens with zero attached hydrogens (tertiary/aromatic N) is 10. The molecular weight excluding hydrogens is 232 g/mol. The fourth-order valence-corrected chi connectivity index (χ4v) is 0.680. The zero-order chi connectivity index (χ0) is 12.1. The summed E-state index contributed by atoms with van der Waals surface area (Å²) in [6.07, 6.45) is 0. The highest BCUT2D eigenvalue weighted by molar-refractivity contribution is 5.75. The molecule has 17 heavy (non-hydrogen) atoms. The SMILES string of the molecule is NC(N)=NNn1nnc(N=Nc2nn[nH]n2)n1. The molecule has 14 nitrogen and oxygen atoms in total. The van der Waals surface area contributed by atoms with Crippen molar-refractivity contribution in [3.63, 3.8) is 0 Å². The summed E-state index contributed by atoms with van der Waals surface area (Å²) in [6, 6.07) is 0. The van der Waals surface area contributed by atoms with Gasteiger partial charge in [-0.3, -0.25) is 0 Å². The topological polar surface area (TPSA) is 199 Å². The van der Waals surface area contributed by atoms with Gasteiger partial charge in [-0.15, -0.1) is 20.4 Å². The number of guanidine groups is 1. The highest BCUT2D eigenvalue weighted by atomic mass is 15.8. The molecule has 14 heteroatoms. The third-order valence-corrected chi connectivity index (χ3v) is 1.23. The molecule has 0 amide bonds. The minimum absolute atomic E-state index is 0.0342. The Kier molecular flexibility index (Phi) is 2.77. The number of H-pyrrole nitrogens is 1. The van der Waals surface area contributed by atoms with Crippen LogP contribution in [0.3, 0.4) is 0 Å². The van der Waals surface area contributed by atoms with E-state index in [1.807, 2.05) is 0 Å². The monoisotopic (exact) mass is 238 g/mol. The molecule has 0 fully saturated rings. The van der Waals surface area contributed by atoms with E-state index in [4.69, 9.17) is 11.5 Å². The first-order chi connectivity index (χ1) is 8.24. The number of nitrogens with one attached hydrogen (secondary N) is 2. The minimum Gasteiger partial charge on any atom is -0.369 e. The Balaban J connectivity index is 2.01. The van der Waals surface area contributed by atoms with Gasteiger partial charge in [0.2, 0.25) is 5.96 Å². The van der Waals surface area contributed by atoms with Crippen LogP contribution in [0.4, 0.5) is 11.9 Å². The van der Waals surface area contributed by atoms with Crippen molar-refractivity contribution in [3.8, 4) is 0 Å². The quantitative estimate of drug-likeness (QED) is 0.190. The first-order valence-electron chi connectivity index (χ1n) is 4.04. The Bertz CT molecular complexity index is 511. The molecule has 0 aliphatic carbocycles. The third kappa shape index (κ3) is 2.88. The predicted molar refractivity (Wildman–Crippen MR) is 51.3 cm³/mol. The lowest BCUT2D eigenvalue weighted by atomic mass is 11.1. The molecule has 0 atom stereocenters. The number of hydrogen-bond donors (Lipinski definition) is 4. The predicted octanol–water partition coefficient (Wildman–Crippen LogP) is -2.67. The fourth-order valence-electron chi connectivity index (χ4n) is 0.680. The summed E-state index contributed by atoms with van der Waals surface area (Å²) in [5, 5.41) is 33.9. The Labute approximate surface area is 92.1 Å². The van der Waals surface area contributed by atoms with E-state index >= 15 is 0 Å². The lowest BCUT2D eigenvalue weighted by Crippen LogP contribution is -2.26. The molecule has 6 N–H and O–H groups in total. The zero-order valence-electron chi connectivity index (χ0n) is 8.13. The van der Waals surface area contributed by atoms with Crippen LogP contribution in [0.5, 0.6) is 0 Å². The fraction of sp³-hybridized carbons (Fsp3) is 0. The molecule has 0 aliphatic rings. The van der Waals surface area contributed by atoms with Crippen LogP contribution in [0.1, 0.15) is 0 Å².